The van der Waals surface area contributed by atoms with Gasteiger partial charge in [0.25, 0.3) is 0 Å². The van der Waals surface area contributed by atoms with E-state index in [-0.39, 0.29) is 0 Å². The summed E-state index contributed by atoms with van der Waals surface area (Å²) in [5.74, 6) is 1.81. The average molecular weight is 307 g/mol. The summed E-state index contributed by atoms with van der Waals surface area (Å²) >= 11 is 1.99. The van der Waals surface area contributed by atoms with Gasteiger partial charge in [0.05, 0.1) is 13.2 Å². The van der Waals surface area contributed by atoms with Crippen LogP contribution in [0.3, 0.4) is 0 Å². The maximum atomic E-state index is 5.78. The van der Waals surface area contributed by atoms with Crippen molar-refractivity contribution in [1.82, 2.24) is 5.32 Å². The summed E-state index contributed by atoms with van der Waals surface area (Å²) in [7, 11) is 0. The lowest BCUT2D eigenvalue weighted by molar-refractivity contribution is 0.297. The lowest BCUT2D eigenvalue weighted by Gasteiger charge is -2.14. The molecule has 1 heterocycles. The zero-order chi connectivity index (χ0) is 14.5. The van der Waals surface area contributed by atoms with Gasteiger partial charge >= 0.3 is 0 Å². The lowest BCUT2D eigenvalue weighted by atomic mass is 10.2. The molecule has 2 atom stereocenters. The fourth-order valence-electron chi connectivity index (χ4n) is 2.99. The van der Waals surface area contributed by atoms with Crippen LogP contribution in [-0.2, 0) is 0 Å². The first-order chi connectivity index (χ1) is 10.3. The van der Waals surface area contributed by atoms with Gasteiger partial charge in [-0.1, -0.05) is 6.92 Å². The Hall–Kier alpha value is -0.870. The van der Waals surface area contributed by atoms with Gasteiger partial charge in [-0.15, -0.1) is 11.8 Å². The van der Waals surface area contributed by atoms with Gasteiger partial charge in [-0.05, 0) is 50.4 Å². The van der Waals surface area contributed by atoms with E-state index in [1.807, 2.05) is 11.8 Å². The second kappa shape index (κ2) is 7.41. The second-order valence-corrected chi connectivity index (χ2v) is 7.24. The van der Waals surface area contributed by atoms with E-state index in [1.54, 1.807) is 0 Å². The van der Waals surface area contributed by atoms with Crippen molar-refractivity contribution in [2.75, 3.05) is 19.8 Å². The summed E-state index contributed by atoms with van der Waals surface area (Å²) in [6.07, 6.45) is 6.07. The molecule has 0 aromatic heterocycles. The van der Waals surface area contributed by atoms with Crippen LogP contribution in [0.4, 0.5) is 0 Å². The molecule has 1 fully saturated rings. The van der Waals surface area contributed by atoms with E-state index in [0.717, 1.165) is 42.9 Å². The summed E-state index contributed by atoms with van der Waals surface area (Å²) in [6, 6.07) is 7.09. The zero-order valence-corrected chi connectivity index (χ0v) is 13.6. The standard InChI is InChI=1S/C17H25NO2S/c1-2-8-18-13-4-5-14(11-13)21-15-6-7-16-17(12-15)20-10-3-9-19-16/h6-7,12-14,18H,2-5,8-11H2,1H3. The molecule has 0 amide bonds. The van der Waals surface area contributed by atoms with Crippen LogP contribution >= 0.6 is 11.8 Å². The number of thioether (sulfide) groups is 1. The Morgan fingerprint density at radius 2 is 2.05 bits per heavy atom. The van der Waals surface area contributed by atoms with Gasteiger partial charge in [-0.2, -0.15) is 0 Å². The minimum Gasteiger partial charge on any atom is -0.490 e. The zero-order valence-electron chi connectivity index (χ0n) is 12.8. The summed E-state index contributed by atoms with van der Waals surface area (Å²) in [5.41, 5.74) is 0. The number of nitrogens with one attached hydrogen (secondary N) is 1. The normalized spacial score (nSPS) is 24.8. The number of rotatable bonds is 5. The Labute approximate surface area is 131 Å². The molecule has 0 spiro atoms. The Kier molecular flexibility index (Phi) is 5.31. The van der Waals surface area contributed by atoms with Crippen molar-refractivity contribution in [3.63, 3.8) is 0 Å². The molecule has 2 unspecified atom stereocenters. The van der Waals surface area contributed by atoms with E-state index in [9.17, 15) is 0 Å². The average Bonchev–Trinajstić information content (AvgIpc) is 2.80. The topological polar surface area (TPSA) is 30.5 Å². The molecule has 1 N–H and O–H groups in total. The third-order valence-electron chi connectivity index (χ3n) is 4.09. The van der Waals surface area contributed by atoms with Crippen LogP contribution in [0.15, 0.2) is 23.1 Å². The minimum absolute atomic E-state index is 0.711. The molecule has 4 heteroatoms. The minimum atomic E-state index is 0.711. The fourth-order valence-corrected chi connectivity index (χ4v) is 4.28. The summed E-state index contributed by atoms with van der Waals surface area (Å²) in [5, 5.41) is 4.37. The van der Waals surface area contributed by atoms with Crippen molar-refractivity contribution < 1.29 is 9.47 Å². The first-order valence-corrected chi connectivity index (χ1v) is 9.03. The molecular formula is C17H25NO2S. The largest absolute Gasteiger partial charge is 0.490 e. The van der Waals surface area contributed by atoms with Gasteiger partial charge in [0, 0.05) is 22.6 Å². The molecule has 1 aliphatic heterocycles. The highest BCUT2D eigenvalue weighted by atomic mass is 32.2. The number of fused-ring (bicyclic) bond motifs is 1. The van der Waals surface area contributed by atoms with Crippen LogP contribution in [0.2, 0.25) is 0 Å². The van der Waals surface area contributed by atoms with E-state index < -0.39 is 0 Å². The molecule has 1 aliphatic carbocycles. The predicted molar refractivity (Wildman–Crippen MR) is 87.6 cm³/mol. The number of hydrogen-bond acceptors (Lipinski definition) is 4. The Morgan fingerprint density at radius 3 is 2.90 bits per heavy atom. The van der Waals surface area contributed by atoms with Crippen molar-refractivity contribution in [3.05, 3.63) is 18.2 Å². The molecule has 0 radical (unpaired) electrons. The molecule has 0 bridgehead atoms. The summed E-state index contributed by atoms with van der Waals surface area (Å²) in [4.78, 5) is 1.31. The van der Waals surface area contributed by atoms with Gasteiger partial charge in [0.15, 0.2) is 11.5 Å². The van der Waals surface area contributed by atoms with E-state index in [4.69, 9.17) is 9.47 Å². The molecule has 3 rings (SSSR count). The smallest absolute Gasteiger partial charge is 0.162 e. The molecular weight excluding hydrogens is 282 g/mol. The molecule has 1 aromatic rings. The van der Waals surface area contributed by atoms with E-state index >= 15 is 0 Å². The second-order valence-electron chi connectivity index (χ2n) is 5.86. The molecule has 0 saturated heterocycles. The van der Waals surface area contributed by atoms with Crippen molar-refractivity contribution in [2.24, 2.45) is 0 Å². The van der Waals surface area contributed by atoms with Crippen molar-refractivity contribution in [1.29, 1.82) is 0 Å². The van der Waals surface area contributed by atoms with Gasteiger partial charge in [-0.25, -0.2) is 0 Å². The Balaban J connectivity index is 1.57. The molecule has 116 valence electrons. The van der Waals surface area contributed by atoms with Crippen molar-refractivity contribution in [3.8, 4) is 11.5 Å². The monoisotopic (exact) mass is 307 g/mol. The van der Waals surface area contributed by atoms with Crippen LogP contribution in [0.5, 0.6) is 11.5 Å². The van der Waals surface area contributed by atoms with Gasteiger partial charge < -0.3 is 14.8 Å². The third kappa shape index (κ3) is 4.07. The van der Waals surface area contributed by atoms with Crippen LogP contribution in [0.1, 0.15) is 39.0 Å². The SMILES string of the molecule is CCCNC1CCC(Sc2ccc3c(c2)OCCCO3)C1. The summed E-state index contributed by atoms with van der Waals surface area (Å²) in [6.45, 7) is 4.89. The summed E-state index contributed by atoms with van der Waals surface area (Å²) < 4.78 is 11.5. The van der Waals surface area contributed by atoms with Crippen molar-refractivity contribution >= 4 is 11.8 Å². The highest BCUT2D eigenvalue weighted by Gasteiger charge is 2.25. The van der Waals surface area contributed by atoms with Gasteiger partial charge in [-0.3, -0.25) is 0 Å². The predicted octanol–water partition coefficient (Wildman–Crippen LogP) is 3.86. The number of hydrogen-bond donors (Lipinski definition) is 1. The maximum Gasteiger partial charge on any atom is 0.162 e. The van der Waals surface area contributed by atoms with E-state index in [1.165, 1.54) is 30.6 Å². The third-order valence-corrected chi connectivity index (χ3v) is 5.38. The van der Waals surface area contributed by atoms with Gasteiger partial charge in [0.2, 0.25) is 0 Å². The number of ether oxygens (including phenoxy) is 2. The first-order valence-electron chi connectivity index (χ1n) is 8.15. The van der Waals surface area contributed by atoms with Crippen LogP contribution < -0.4 is 14.8 Å². The van der Waals surface area contributed by atoms with Crippen LogP contribution in [0.25, 0.3) is 0 Å². The molecule has 1 aromatic carbocycles. The van der Waals surface area contributed by atoms with E-state index in [0.29, 0.717) is 6.04 Å². The lowest BCUT2D eigenvalue weighted by Crippen LogP contribution is -2.27. The molecule has 3 nitrogen and oxygen atoms in total. The highest BCUT2D eigenvalue weighted by Crippen LogP contribution is 2.39. The van der Waals surface area contributed by atoms with E-state index in [2.05, 4.69) is 30.4 Å². The fraction of sp³-hybridized carbons (Fsp3) is 0.647. The molecule has 21 heavy (non-hydrogen) atoms. The van der Waals surface area contributed by atoms with Crippen LogP contribution in [-0.4, -0.2) is 31.1 Å². The van der Waals surface area contributed by atoms with Crippen LogP contribution in [0, 0.1) is 0 Å². The molecule has 2 aliphatic rings. The first kappa shape index (κ1) is 15.0. The Bertz CT molecular complexity index is 466. The highest BCUT2D eigenvalue weighted by molar-refractivity contribution is 8.00. The quantitative estimate of drug-likeness (QED) is 0.895. The Morgan fingerprint density at radius 1 is 1.19 bits per heavy atom. The maximum absolute atomic E-state index is 5.78. The molecule has 1 saturated carbocycles. The van der Waals surface area contributed by atoms with Crippen molar-refractivity contribution in [2.45, 2.75) is 55.2 Å². The number of benzene rings is 1. The van der Waals surface area contributed by atoms with Gasteiger partial charge in [0.1, 0.15) is 0 Å².